The zero-order valence-corrected chi connectivity index (χ0v) is 9.38. The fourth-order valence-corrected chi connectivity index (χ4v) is 1.31. The highest BCUT2D eigenvalue weighted by molar-refractivity contribution is 6.28. The van der Waals surface area contributed by atoms with E-state index in [1.807, 2.05) is 6.07 Å². The molecule has 4 heteroatoms. The van der Waals surface area contributed by atoms with Gasteiger partial charge in [-0.2, -0.15) is 0 Å². The van der Waals surface area contributed by atoms with E-state index in [1.54, 1.807) is 6.20 Å². The summed E-state index contributed by atoms with van der Waals surface area (Å²) in [5, 5.41) is 3.50. The SMILES string of the molecule is CC(C)CCCNc1ccnc(Cl)n1. The number of nitrogens with one attached hydrogen (secondary N) is 1. The molecule has 0 amide bonds. The van der Waals surface area contributed by atoms with Crippen LogP contribution in [0.5, 0.6) is 0 Å². The number of rotatable bonds is 5. The molecule has 1 rings (SSSR count). The van der Waals surface area contributed by atoms with Crippen LogP contribution in [0.1, 0.15) is 26.7 Å². The van der Waals surface area contributed by atoms with Gasteiger partial charge in [-0.1, -0.05) is 13.8 Å². The smallest absolute Gasteiger partial charge is 0.224 e. The molecule has 0 atom stereocenters. The minimum atomic E-state index is 0.291. The van der Waals surface area contributed by atoms with E-state index >= 15 is 0 Å². The van der Waals surface area contributed by atoms with Crippen LogP contribution in [0.4, 0.5) is 5.82 Å². The van der Waals surface area contributed by atoms with E-state index in [1.165, 1.54) is 6.42 Å². The van der Waals surface area contributed by atoms with Gasteiger partial charge in [0.2, 0.25) is 5.28 Å². The standard InChI is InChI=1S/C10H16ClN3/c1-8(2)4-3-6-12-9-5-7-13-10(11)14-9/h5,7-8H,3-4,6H2,1-2H3,(H,12,13,14). The Bertz CT molecular complexity index is 276. The third-order valence-electron chi connectivity index (χ3n) is 1.89. The second-order valence-corrected chi connectivity index (χ2v) is 4.01. The van der Waals surface area contributed by atoms with Crippen molar-refractivity contribution in [2.45, 2.75) is 26.7 Å². The van der Waals surface area contributed by atoms with Crippen molar-refractivity contribution in [3.63, 3.8) is 0 Å². The van der Waals surface area contributed by atoms with Gasteiger partial charge in [-0.3, -0.25) is 0 Å². The Hall–Kier alpha value is -0.830. The molecular formula is C10H16ClN3. The molecule has 1 aromatic rings. The van der Waals surface area contributed by atoms with E-state index in [-0.39, 0.29) is 0 Å². The van der Waals surface area contributed by atoms with Gasteiger partial charge in [0.25, 0.3) is 0 Å². The van der Waals surface area contributed by atoms with Crippen LogP contribution < -0.4 is 5.32 Å². The van der Waals surface area contributed by atoms with Gasteiger partial charge >= 0.3 is 0 Å². The zero-order valence-electron chi connectivity index (χ0n) is 8.63. The number of nitrogens with zero attached hydrogens (tertiary/aromatic N) is 2. The van der Waals surface area contributed by atoms with Crippen molar-refractivity contribution < 1.29 is 0 Å². The Kier molecular flexibility index (Phi) is 4.66. The molecule has 0 aliphatic carbocycles. The molecule has 14 heavy (non-hydrogen) atoms. The van der Waals surface area contributed by atoms with Gasteiger partial charge in [-0.05, 0) is 36.4 Å². The molecule has 1 aromatic heterocycles. The zero-order chi connectivity index (χ0) is 10.4. The van der Waals surface area contributed by atoms with Gasteiger partial charge in [-0.25, -0.2) is 9.97 Å². The Morgan fingerprint density at radius 2 is 2.29 bits per heavy atom. The average Bonchev–Trinajstić information content (AvgIpc) is 2.12. The largest absolute Gasteiger partial charge is 0.370 e. The Morgan fingerprint density at radius 1 is 1.50 bits per heavy atom. The summed E-state index contributed by atoms with van der Waals surface area (Å²) in [6.07, 6.45) is 4.03. The molecule has 78 valence electrons. The van der Waals surface area contributed by atoms with Crippen LogP contribution in [0.15, 0.2) is 12.3 Å². The molecule has 0 bridgehead atoms. The van der Waals surface area contributed by atoms with Crippen LogP contribution in [0.2, 0.25) is 5.28 Å². The van der Waals surface area contributed by atoms with E-state index in [4.69, 9.17) is 11.6 Å². The maximum atomic E-state index is 5.65. The maximum absolute atomic E-state index is 5.65. The first-order valence-electron chi connectivity index (χ1n) is 4.91. The van der Waals surface area contributed by atoms with Gasteiger partial charge in [0.05, 0.1) is 0 Å². The van der Waals surface area contributed by atoms with E-state index < -0.39 is 0 Å². The van der Waals surface area contributed by atoms with Crippen molar-refractivity contribution in [3.8, 4) is 0 Å². The molecule has 0 fully saturated rings. The van der Waals surface area contributed by atoms with Crippen molar-refractivity contribution in [2.75, 3.05) is 11.9 Å². The Labute approximate surface area is 89.9 Å². The first kappa shape index (κ1) is 11.2. The van der Waals surface area contributed by atoms with E-state index in [2.05, 4.69) is 29.1 Å². The number of anilines is 1. The number of aromatic nitrogens is 2. The van der Waals surface area contributed by atoms with Gasteiger partial charge in [0.15, 0.2) is 0 Å². The van der Waals surface area contributed by atoms with Crippen LogP contribution in [-0.2, 0) is 0 Å². The average molecular weight is 214 g/mol. The molecule has 0 aliphatic heterocycles. The van der Waals surface area contributed by atoms with Gasteiger partial charge in [0, 0.05) is 12.7 Å². The first-order valence-corrected chi connectivity index (χ1v) is 5.28. The molecule has 0 saturated carbocycles. The lowest BCUT2D eigenvalue weighted by Crippen LogP contribution is -2.04. The topological polar surface area (TPSA) is 37.8 Å². The molecule has 3 nitrogen and oxygen atoms in total. The predicted octanol–water partition coefficient (Wildman–Crippen LogP) is 2.98. The second kappa shape index (κ2) is 5.81. The van der Waals surface area contributed by atoms with Gasteiger partial charge < -0.3 is 5.32 Å². The van der Waals surface area contributed by atoms with Gasteiger partial charge in [-0.15, -0.1) is 0 Å². The summed E-state index contributed by atoms with van der Waals surface area (Å²) in [4.78, 5) is 7.84. The Morgan fingerprint density at radius 3 is 2.93 bits per heavy atom. The minimum Gasteiger partial charge on any atom is -0.370 e. The van der Waals surface area contributed by atoms with Crippen LogP contribution in [0, 0.1) is 5.92 Å². The van der Waals surface area contributed by atoms with Crippen LogP contribution >= 0.6 is 11.6 Å². The van der Waals surface area contributed by atoms with Crippen molar-refractivity contribution in [2.24, 2.45) is 5.92 Å². The van der Waals surface area contributed by atoms with Crippen molar-refractivity contribution >= 4 is 17.4 Å². The molecule has 1 heterocycles. The van der Waals surface area contributed by atoms with Gasteiger partial charge in [0.1, 0.15) is 5.82 Å². The summed E-state index contributed by atoms with van der Waals surface area (Å²) in [6.45, 7) is 5.38. The summed E-state index contributed by atoms with van der Waals surface area (Å²) in [7, 11) is 0. The minimum absolute atomic E-state index is 0.291. The number of hydrogen-bond donors (Lipinski definition) is 1. The van der Waals surface area contributed by atoms with Crippen molar-refractivity contribution in [1.82, 2.24) is 9.97 Å². The lowest BCUT2D eigenvalue weighted by molar-refractivity contribution is 0.566. The number of hydrogen-bond acceptors (Lipinski definition) is 3. The van der Waals surface area contributed by atoms with E-state index in [0.717, 1.165) is 24.7 Å². The highest BCUT2D eigenvalue weighted by Crippen LogP contribution is 2.07. The highest BCUT2D eigenvalue weighted by Gasteiger charge is 1.96. The Balaban J connectivity index is 2.25. The van der Waals surface area contributed by atoms with E-state index in [0.29, 0.717) is 5.28 Å². The lowest BCUT2D eigenvalue weighted by atomic mass is 10.1. The normalized spacial score (nSPS) is 10.6. The number of halogens is 1. The fourth-order valence-electron chi connectivity index (χ4n) is 1.16. The summed E-state index contributed by atoms with van der Waals surface area (Å²) in [5.41, 5.74) is 0. The highest BCUT2D eigenvalue weighted by atomic mass is 35.5. The molecule has 1 N–H and O–H groups in total. The second-order valence-electron chi connectivity index (χ2n) is 3.67. The first-order chi connectivity index (χ1) is 6.68. The third-order valence-corrected chi connectivity index (χ3v) is 2.07. The summed E-state index contributed by atoms with van der Waals surface area (Å²) in [6, 6.07) is 1.82. The fraction of sp³-hybridized carbons (Fsp3) is 0.600. The molecule has 0 saturated heterocycles. The molecule has 0 unspecified atom stereocenters. The lowest BCUT2D eigenvalue weighted by Gasteiger charge is -2.06. The van der Waals surface area contributed by atoms with Crippen LogP contribution in [-0.4, -0.2) is 16.5 Å². The molecule has 0 radical (unpaired) electrons. The summed E-state index contributed by atoms with van der Waals surface area (Å²) < 4.78 is 0. The monoisotopic (exact) mass is 213 g/mol. The van der Waals surface area contributed by atoms with Crippen molar-refractivity contribution in [3.05, 3.63) is 17.5 Å². The van der Waals surface area contributed by atoms with Crippen LogP contribution in [0.25, 0.3) is 0 Å². The molecule has 0 aromatic carbocycles. The quantitative estimate of drug-likeness (QED) is 0.604. The molecule has 0 aliphatic rings. The van der Waals surface area contributed by atoms with E-state index in [9.17, 15) is 0 Å². The van der Waals surface area contributed by atoms with Crippen molar-refractivity contribution in [1.29, 1.82) is 0 Å². The molecule has 0 spiro atoms. The summed E-state index contributed by atoms with van der Waals surface area (Å²) in [5.74, 6) is 1.56. The maximum Gasteiger partial charge on any atom is 0.224 e. The summed E-state index contributed by atoms with van der Waals surface area (Å²) >= 11 is 5.65. The third kappa shape index (κ3) is 4.42. The predicted molar refractivity (Wildman–Crippen MR) is 59.6 cm³/mol. The molecular weight excluding hydrogens is 198 g/mol. The van der Waals surface area contributed by atoms with Crippen LogP contribution in [0.3, 0.4) is 0 Å².